The van der Waals surface area contributed by atoms with Crippen molar-refractivity contribution >= 4 is 28.9 Å². The molecular formula is C25H29F2N5O2S. The second-order valence-corrected chi connectivity index (χ2v) is 10.4. The van der Waals surface area contributed by atoms with Gasteiger partial charge in [0.25, 0.3) is 5.56 Å². The van der Waals surface area contributed by atoms with Crippen molar-refractivity contribution in [2.24, 2.45) is 5.92 Å². The Hall–Kier alpha value is -2.72. The van der Waals surface area contributed by atoms with E-state index in [-0.39, 0.29) is 23.8 Å². The molecule has 2 fully saturated rings. The SMILES string of the molecule is CC1CCCC1n1c(=O)c(OC(F)F)cc2cnc(NC3CCN(Sc4ccccc4)CC3)nc21. The number of piperidine rings is 1. The first-order chi connectivity index (χ1) is 17.0. The summed E-state index contributed by atoms with van der Waals surface area (Å²) in [6.45, 7) is 0.882. The van der Waals surface area contributed by atoms with Crippen molar-refractivity contribution in [1.82, 2.24) is 18.8 Å². The topological polar surface area (TPSA) is 72.3 Å². The lowest BCUT2D eigenvalue weighted by Gasteiger charge is -2.31. The number of halogens is 2. The number of ether oxygens (including phenoxy) is 1. The molecule has 5 rings (SSSR count). The molecule has 2 aromatic heterocycles. The number of hydrogen-bond donors (Lipinski definition) is 1. The summed E-state index contributed by atoms with van der Waals surface area (Å²) in [6.07, 6.45) is 6.23. The second kappa shape index (κ2) is 10.5. The smallest absolute Gasteiger partial charge is 0.387 e. The van der Waals surface area contributed by atoms with Crippen LogP contribution in [-0.4, -0.2) is 44.6 Å². The molecule has 10 heteroatoms. The van der Waals surface area contributed by atoms with Gasteiger partial charge in [-0.05, 0) is 61.7 Å². The van der Waals surface area contributed by atoms with Gasteiger partial charge in [-0.25, -0.2) is 9.29 Å². The van der Waals surface area contributed by atoms with Gasteiger partial charge in [0.2, 0.25) is 5.95 Å². The zero-order valence-corrected chi connectivity index (χ0v) is 20.4. The summed E-state index contributed by atoms with van der Waals surface area (Å²) in [4.78, 5) is 23.5. The van der Waals surface area contributed by atoms with E-state index in [4.69, 9.17) is 4.98 Å². The number of rotatable bonds is 7. The number of benzene rings is 1. The van der Waals surface area contributed by atoms with Gasteiger partial charge in [-0.1, -0.05) is 31.5 Å². The van der Waals surface area contributed by atoms with Gasteiger partial charge in [0, 0.05) is 41.7 Å². The lowest BCUT2D eigenvalue weighted by atomic mass is 10.1. The van der Waals surface area contributed by atoms with E-state index >= 15 is 0 Å². The fourth-order valence-electron chi connectivity index (χ4n) is 5.07. The fraction of sp³-hybridized carbons (Fsp3) is 0.480. The maximum Gasteiger partial charge on any atom is 0.387 e. The van der Waals surface area contributed by atoms with Crippen LogP contribution in [0.3, 0.4) is 0 Å². The highest BCUT2D eigenvalue weighted by Crippen LogP contribution is 2.36. The number of hydrogen-bond acceptors (Lipinski definition) is 7. The summed E-state index contributed by atoms with van der Waals surface area (Å²) in [5.41, 5.74) is -0.0996. The Morgan fingerprint density at radius 2 is 1.91 bits per heavy atom. The summed E-state index contributed by atoms with van der Waals surface area (Å²) >= 11 is 1.77. The summed E-state index contributed by atoms with van der Waals surface area (Å²) in [6, 6.07) is 11.8. The van der Waals surface area contributed by atoms with Gasteiger partial charge < -0.3 is 10.1 Å². The molecule has 3 aromatic rings. The molecule has 1 saturated carbocycles. The molecular weight excluding hydrogens is 472 g/mol. The molecule has 3 heterocycles. The van der Waals surface area contributed by atoms with E-state index < -0.39 is 12.2 Å². The highest BCUT2D eigenvalue weighted by molar-refractivity contribution is 7.97. The van der Waals surface area contributed by atoms with Crippen LogP contribution in [0.5, 0.6) is 5.75 Å². The predicted octanol–water partition coefficient (Wildman–Crippen LogP) is 5.34. The summed E-state index contributed by atoms with van der Waals surface area (Å²) in [5, 5.41) is 3.94. The fourth-order valence-corrected chi connectivity index (χ4v) is 6.04. The Labute approximate surface area is 207 Å². The number of nitrogens with one attached hydrogen (secondary N) is 1. The Morgan fingerprint density at radius 3 is 2.60 bits per heavy atom. The normalized spacial score (nSPS) is 21.6. The van der Waals surface area contributed by atoms with Crippen molar-refractivity contribution in [1.29, 1.82) is 0 Å². The van der Waals surface area contributed by atoms with Gasteiger partial charge >= 0.3 is 6.61 Å². The van der Waals surface area contributed by atoms with Gasteiger partial charge in [0.15, 0.2) is 5.75 Å². The molecule has 2 atom stereocenters. The van der Waals surface area contributed by atoms with Crippen LogP contribution in [0, 0.1) is 5.92 Å². The van der Waals surface area contributed by atoms with Gasteiger partial charge in [0.1, 0.15) is 5.65 Å². The maximum atomic E-state index is 13.2. The van der Waals surface area contributed by atoms with Gasteiger partial charge in [-0.2, -0.15) is 13.8 Å². The van der Waals surface area contributed by atoms with E-state index in [0.717, 1.165) is 45.2 Å². The summed E-state index contributed by atoms with van der Waals surface area (Å²) in [7, 11) is 0. The van der Waals surface area contributed by atoms with Crippen LogP contribution >= 0.6 is 11.9 Å². The minimum absolute atomic E-state index is 0.104. The highest BCUT2D eigenvalue weighted by atomic mass is 32.2. The Kier molecular flexibility index (Phi) is 7.19. The minimum atomic E-state index is -3.07. The quantitative estimate of drug-likeness (QED) is 0.438. The number of alkyl halides is 2. The average Bonchev–Trinajstić information content (AvgIpc) is 3.27. The molecule has 1 aliphatic heterocycles. The molecule has 1 N–H and O–H groups in total. The molecule has 0 spiro atoms. The first kappa shape index (κ1) is 24.0. The molecule has 0 amide bonds. The number of nitrogens with zero attached hydrogens (tertiary/aromatic N) is 4. The van der Waals surface area contributed by atoms with Crippen LogP contribution < -0.4 is 15.6 Å². The molecule has 186 valence electrons. The van der Waals surface area contributed by atoms with E-state index in [9.17, 15) is 13.6 Å². The van der Waals surface area contributed by atoms with E-state index in [1.54, 1.807) is 22.7 Å². The molecule has 1 aliphatic carbocycles. The number of pyridine rings is 1. The minimum Gasteiger partial charge on any atom is -0.429 e. The molecule has 1 aromatic carbocycles. The van der Waals surface area contributed by atoms with Gasteiger partial charge in [-0.3, -0.25) is 9.36 Å². The first-order valence-electron chi connectivity index (χ1n) is 12.1. The monoisotopic (exact) mass is 501 g/mol. The molecule has 35 heavy (non-hydrogen) atoms. The third-order valence-electron chi connectivity index (χ3n) is 6.87. The van der Waals surface area contributed by atoms with Crippen molar-refractivity contribution in [3.05, 3.63) is 52.9 Å². The van der Waals surface area contributed by atoms with Crippen LogP contribution in [-0.2, 0) is 0 Å². The zero-order valence-electron chi connectivity index (χ0n) is 19.6. The summed E-state index contributed by atoms with van der Waals surface area (Å²) in [5.74, 6) is 0.336. The first-order valence-corrected chi connectivity index (χ1v) is 12.9. The molecule has 1 saturated heterocycles. The lowest BCUT2D eigenvalue weighted by molar-refractivity contribution is -0.0510. The van der Waals surface area contributed by atoms with Crippen molar-refractivity contribution in [3.63, 3.8) is 0 Å². The Balaban J connectivity index is 1.35. The van der Waals surface area contributed by atoms with Crippen molar-refractivity contribution in [2.75, 3.05) is 18.4 Å². The number of anilines is 1. The standard InChI is InChI=1S/C25H29F2N5O2S/c1-16-6-5-9-20(16)32-22-17(14-21(23(32)33)34-24(26)27)15-28-25(30-22)29-18-10-12-31(13-11-18)35-19-7-3-2-4-8-19/h2-4,7-8,14-16,18,20,24H,5-6,9-13H2,1H3,(H,28,29,30). The van der Waals surface area contributed by atoms with Crippen LogP contribution in [0.2, 0.25) is 0 Å². The van der Waals surface area contributed by atoms with Crippen molar-refractivity contribution < 1.29 is 13.5 Å². The predicted molar refractivity (Wildman–Crippen MR) is 133 cm³/mol. The second-order valence-electron chi connectivity index (χ2n) is 9.26. The zero-order chi connectivity index (χ0) is 24.4. The number of fused-ring (bicyclic) bond motifs is 1. The van der Waals surface area contributed by atoms with Gasteiger partial charge in [0.05, 0.1) is 0 Å². The van der Waals surface area contributed by atoms with Crippen molar-refractivity contribution in [3.8, 4) is 5.75 Å². The van der Waals surface area contributed by atoms with Crippen molar-refractivity contribution in [2.45, 2.75) is 62.6 Å². The Morgan fingerprint density at radius 1 is 1.14 bits per heavy atom. The molecule has 2 unspecified atom stereocenters. The molecule has 0 bridgehead atoms. The van der Waals surface area contributed by atoms with Crippen LogP contribution in [0.15, 0.2) is 52.3 Å². The lowest BCUT2D eigenvalue weighted by Crippen LogP contribution is -2.36. The van der Waals surface area contributed by atoms with Crippen LogP contribution in [0.1, 0.15) is 45.1 Å². The maximum absolute atomic E-state index is 13.2. The number of aromatic nitrogens is 3. The largest absolute Gasteiger partial charge is 0.429 e. The highest BCUT2D eigenvalue weighted by Gasteiger charge is 2.29. The van der Waals surface area contributed by atoms with E-state index in [1.165, 1.54) is 11.0 Å². The van der Waals surface area contributed by atoms with E-state index in [0.29, 0.717) is 17.0 Å². The molecule has 0 radical (unpaired) electrons. The molecule has 7 nitrogen and oxygen atoms in total. The average molecular weight is 502 g/mol. The third-order valence-corrected chi connectivity index (χ3v) is 7.98. The summed E-state index contributed by atoms with van der Waals surface area (Å²) < 4.78 is 34.3. The third kappa shape index (κ3) is 5.43. The van der Waals surface area contributed by atoms with Crippen LogP contribution in [0.4, 0.5) is 14.7 Å². The van der Waals surface area contributed by atoms with E-state index in [2.05, 4.69) is 38.4 Å². The van der Waals surface area contributed by atoms with Crippen LogP contribution in [0.25, 0.3) is 11.0 Å². The van der Waals surface area contributed by atoms with Gasteiger partial charge in [-0.15, -0.1) is 0 Å². The Bertz CT molecular complexity index is 1220. The van der Waals surface area contributed by atoms with E-state index in [1.807, 2.05) is 18.2 Å². The molecule has 2 aliphatic rings.